The maximum Gasteiger partial charge on any atom is 0.293 e. The summed E-state index contributed by atoms with van der Waals surface area (Å²) in [7, 11) is 0. The Morgan fingerprint density at radius 1 is 1.41 bits per heavy atom. The van der Waals surface area contributed by atoms with Crippen molar-refractivity contribution >= 4 is 41.0 Å². The number of thiazole rings is 1. The number of benzene rings is 1. The van der Waals surface area contributed by atoms with Gasteiger partial charge in [0.05, 0.1) is 9.90 Å². The van der Waals surface area contributed by atoms with Crippen molar-refractivity contribution in [3.8, 4) is 10.6 Å². The average molecular weight is 288 g/mol. The summed E-state index contributed by atoms with van der Waals surface area (Å²) in [6, 6.07) is 5.24. The van der Waals surface area contributed by atoms with Gasteiger partial charge >= 0.3 is 0 Å². The summed E-state index contributed by atoms with van der Waals surface area (Å²) >= 11 is 13.3. The zero-order valence-electron chi connectivity index (χ0n) is 8.52. The number of aromatic nitrogens is 1. The molecule has 0 fully saturated rings. The normalized spacial score (nSPS) is 10.2. The SMILES string of the molecule is O=COCc1cnc(-c2ccc(Cl)cc2Cl)s1. The van der Waals surface area contributed by atoms with Crippen LogP contribution in [0.3, 0.4) is 0 Å². The Bertz CT molecular complexity index is 542. The molecule has 0 N–H and O–H groups in total. The molecule has 3 nitrogen and oxygen atoms in total. The summed E-state index contributed by atoms with van der Waals surface area (Å²) in [6.07, 6.45) is 1.66. The number of carbonyl (C=O) groups excluding carboxylic acids is 1. The topological polar surface area (TPSA) is 39.2 Å². The van der Waals surface area contributed by atoms with Crippen molar-refractivity contribution in [1.29, 1.82) is 0 Å². The lowest BCUT2D eigenvalue weighted by molar-refractivity contribution is -0.129. The minimum atomic E-state index is 0.229. The van der Waals surface area contributed by atoms with Crippen LogP contribution in [-0.2, 0) is 16.1 Å². The Labute approximate surface area is 112 Å². The second-order valence-corrected chi connectivity index (χ2v) is 5.12. The fraction of sp³-hybridized carbons (Fsp3) is 0.0909. The molecule has 1 aromatic heterocycles. The number of halogens is 2. The first-order valence-electron chi connectivity index (χ1n) is 4.66. The van der Waals surface area contributed by atoms with E-state index < -0.39 is 0 Å². The third-order valence-corrected chi connectivity index (χ3v) is 3.56. The number of hydrogen-bond donors (Lipinski definition) is 0. The highest BCUT2D eigenvalue weighted by Gasteiger charge is 2.09. The molecule has 2 aromatic rings. The van der Waals surface area contributed by atoms with Crippen molar-refractivity contribution in [2.75, 3.05) is 0 Å². The lowest BCUT2D eigenvalue weighted by Crippen LogP contribution is -1.84. The quantitative estimate of drug-likeness (QED) is 0.803. The Hall–Kier alpha value is -1.10. The molecule has 0 radical (unpaired) electrons. The first-order valence-corrected chi connectivity index (χ1v) is 6.23. The summed E-state index contributed by atoms with van der Waals surface area (Å²) in [5.41, 5.74) is 0.818. The van der Waals surface area contributed by atoms with Crippen molar-refractivity contribution in [2.24, 2.45) is 0 Å². The molecule has 0 saturated carbocycles. The average Bonchev–Trinajstić information content (AvgIpc) is 2.75. The second kappa shape index (κ2) is 5.49. The van der Waals surface area contributed by atoms with Crippen LogP contribution >= 0.6 is 34.5 Å². The minimum Gasteiger partial charge on any atom is -0.462 e. The van der Waals surface area contributed by atoms with Gasteiger partial charge in [0.25, 0.3) is 6.47 Å². The monoisotopic (exact) mass is 287 g/mol. The molecule has 0 spiro atoms. The molecule has 1 heterocycles. The summed E-state index contributed by atoms with van der Waals surface area (Å²) < 4.78 is 4.65. The number of ether oxygens (including phenoxy) is 1. The van der Waals surface area contributed by atoms with Gasteiger partial charge in [-0.1, -0.05) is 23.2 Å². The van der Waals surface area contributed by atoms with E-state index in [9.17, 15) is 4.79 Å². The lowest BCUT2D eigenvalue weighted by Gasteiger charge is -2.00. The number of carbonyl (C=O) groups is 1. The summed E-state index contributed by atoms with van der Waals surface area (Å²) in [5, 5.41) is 1.91. The molecule has 88 valence electrons. The van der Waals surface area contributed by atoms with E-state index in [1.165, 1.54) is 11.3 Å². The summed E-state index contributed by atoms with van der Waals surface area (Å²) in [6.45, 7) is 0.640. The molecule has 2 rings (SSSR count). The molecular weight excluding hydrogens is 281 g/mol. The van der Waals surface area contributed by atoms with Crippen LogP contribution in [0, 0.1) is 0 Å². The zero-order valence-corrected chi connectivity index (χ0v) is 10.9. The van der Waals surface area contributed by atoms with Gasteiger partial charge in [0.2, 0.25) is 0 Å². The van der Waals surface area contributed by atoms with E-state index in [4.69, 9.17) is 23.2 Å². The third kappa shape index (κ3) is 2.97. The zero-order chi connectivity index (χ0) is 12.3. The van der Waals surface area contributed by atoms with Crippen LogP contribution < -0.4 is 0 Å². The molecule has 0 aliphatic rings. The van der Waals surface area contributed by atoms with Crippen molar-refractivity contribution in [3.63, 3.8) is 0 Å². The molecule has 0 unspecified atom stereocenters. The highest BCUT2D eigenvalue weighted by atomic mass is 35.5. The molecule has 0 saturated heterocycles. The Morgan fingerprint density at radius 2 is 2.24 bits per heavy atom. The largest absolute Gasteiger partial charge is 0.462 e. The number of rotatable bonds is 4. The summed E-state index contributed by atoms with van der Waals surface area (Å²) in [4.78, 5) is 15.2. The molecule has 17 heavy (non-hydrogen) atoms. The Morgan fingerprint density at radius 3 is 2.94 bits per heavy atom. The molecule has 6 heteroatoms. The van der Waals surface area contributed by atoms with Gasteiger partial charge in [-0.25, -0.2) is 4.98 Å². The van der Waals surface area contributed by atoms with E-state index in [1.807, 2.05) is 6.07 Å². The molecule has 0 bridgehead atoms. The van der Waals surface area contributed by atoms with Gasteiger partial charge in [-0.05, 0) is 18.2 Å². The fourth-order valence-corrected chi connectivity index (χ4v) is 2.71. The fourth-order valence-electron chi connectivity index (χ4n) is 1.28. The van der Waals surface area contributed by atoms with Crippen LogP contribution in [0.25, 0.3) is 10.6 Å². The predicted molar refractivity (Wildman–Crippen MR) is 68.4 cm³/mol. The first-order chi connectivity index (χ1) is 8.20. The van der Waals surface area contributed by atoms with E-state index in [2.05, 4.69) is 9.72 Å². The van der Waals surface area contributed by atoms with Crippen molar-refractivity contribution in [2.45, 2.75) is 6.61 Å². The molecular formula is C11H7Cl2NO2S. The van der Waals surface area contributed by atoms with Gasteiger partial charge in [-0.15, -0.1) is 11.3 Å². The van der Waals surface area contributed by atoms with E-state index in [1.54, 1.807) is 18.3 Å². The van der Waals surface area contributed by atoms with E-state index in [-0.39, 0.29) is 6.61 Å². The molecule has 1 aromatic carbocycles. The van der Waals surface area contributed by atoms with Crippen LogP contribution in [0.15, 0.2) is 24.4 Å². The molecule has 0 atom stereocenters. The van der Waals surface area contributed by atoms with Crippen LogP contribution in [0.4, 0.5) is 0 Å². The van der Waals surface area contributed by atoms with E-state index in [0.29, 0.717) is 16.5 Å². The van der Waals surface area contributed by atoms with Crippen molar-refractivity contribution < 1.29 is 9.53 Å². The Balaban J connectivity index is 2.27. The molecule has 0 amide bonds. The maximum absolute atomic E-state index is 10.1. The Kier molecular flexibility index (Phi) is 3.99. The minimum absolute atomic E-state index is 0.229. The number of nitrogens with zero attached hydrogens (tertiary/aromatic N) is 1. The molecule has 0 aliphatic carbocycles. The number of hydrogen-bond acceptors (Lipinski definition) is 4. The van der Waals surface area contributed by atoms with Crippen LogP contribution in [0.1, 0.15) is 4.88 Å². The third-order valence-electron chi connectivity index (χ3n) is 2.01. The van der Waals surface area contributed by atoms with Gasteiger partial charge in [0.15, 0.2) is 0 Å². The highest BCUT2D eigenvalue weighted by molar-refractivity contribution is 7.15. The van der Waals surface area contributed by atoms with Gasteiger partial charge in [0, 0.05) is 16.8 Å². The van der Waals surface area contributed by atoms with Crippen molar-refractivity contribution in [1.82, 2.24) is 4.98 Å². The standard InChI is InChI=1S/C11H7Cl2NO2S/c12-7-1-2-9(10(13)3-7)11-14-4-8(17-11)5-16-6-15/h1-4,6H,5H2. The van der Waals surface area contributed by atoms with Crippen LogP contribution in [0.5, 0.6) is 0 Å². The second-order valence-electron chi connectivity index (χ2n) is 3.16. The van der Waals surface area contributed by atoms with Crippen LogP contribution in [0.2, 0.25) is 10.0 Å². The summed E-state index contributed by atoms with van der Waals surface area (Å²) in [5.74, 6) is 0. The smallest absolute Gasteiger partial charge is 0.293 e. The van der Waals surface area contributed by atoms with E-state index >= 15 is 0 Å². The first kappa shape index (κ1) is 12.4. The lowest BCUT2D eigenvalue weighted by atomic mass is 10.2. The maximum atomic E-state index is 10.1. The van der Waals surface area contributed by atoms with Gasteiger partial charge in [-0.2, -0.15) is 0 Å². The van der Waals surface area contributed by atoms with Gasteiger partial charge in [-0.3, -0.25) is 4.79 Å². The van der Waals surface area contributed by atoms with Crippen LogP contribution in [-0.4, -0.2) is 11.5 Å². The van der Waals surface area contributed by atoms with Crippen molar-refractivity contribution in [3.05, 3.63) is 39.3 Å². The highest BCUT2D eigenvalue weighted by Crippen LogP contribution is 2.33. The molecule has 0 aliphatic heterocycles. The van der Waals surface area contributed by atoms with Gasteiger partial charge in [0.1, 0.15) is 11.6 Å². The predicted octanol–water partition coefficient (Wildman–Crippen LogP) is 3.79. The van der Waals surface area contributed by atoms with E-state index in [0.717, 1.165) is 15.4 Å². The van der Waals surface area contributed by atoms with Gasteiger partial charge < -0.3 is 4.74 Å².